The normalized spacial score (nSPS) is 18.6. The molecule has 1 amide bonds. The fourth-order valence-corrected chi connectivity index (χ4v) is 2.70. The smallest absolute Gasteiger partial charge is 0.355 e. The average Bonchev–Trinajstić information content (AvgIpc) is 3.17. The molecule has 1 aliphatic rings. The minimum Gasteiger partial charge on any atom is -0.355 e. The quantitative estimate of drug-likeness (QED) is 0.817. The number of halogens is 3. The Kier molecular flexibility index (Phi) is 4.35. The molecule has 3 rings (SSSR count). The molecule has 0 radical (unpaired) electrons. The van der Waals surface area contributed by atoms with E-state index in [1.165, 1.54) is 0 Å². The van der Waals surface area contributed by atoms with E-state index in [0.29, 0.717) is 6.42 Å². The van der Waals surface area contributed by atoms with Gasteiger partial charge in [-0.15, -0.1) is 10.2 Å². The van der Waals surface area contributed by atoms with Gasteiger partial charge in [-0.2, -0.15) is 13.2 Å². The second kappa shape index (κ2) is 6.33. The van der Waals surface area contributed by atoms with E-state index >= 15 is 0 Å². The molecule has 12 heteroatoms. The summed E-state index contributed by atoms with van der Waals surface area (Å²) in [5, 5.41) is 12.9. The van der Waals surface area contributed by atoms with E-state index in [9.17, 15) is 22.8 Å². The number of fused-ring (bicyclic) bond motifs is 1. The van der Waals surface area contributed by atoms with Crippen LogP contribution in [0, 0.1) is 5.92 Å². The zero-order valence-corrected chi connectivity index (χ0v) is 13.1. The third-order valence-corrected chi connectivity index (χ3v) is 4.08. The fourth-order valence-electron chi connectivity index (χ4n) is 2.70. The van der Waals surface area contributed by atoms with E-state index in [-0.39, 0.29) is 43.0 Å². The Morgan fingerprint density at radius 3 is 2.88 bits per heavy atom. The standard InChI is InChI=1S/C13H15F3N6O3/c1-6(9-18-12(24)25-21-9)4-17-10(23)7-2-3-8-19-20-11(13(14,15)16)22(8)5-7/h6-7H,2-5H2,1H3,(H,17,23)(H,18,21,24). The Labute approximate surface area is 138 Å². The zero-order valence-electron chi connectivity index (χ0n) is 13.1. The Morgan fingerprint density at radius 1 is 1.48 bits per heavy atom. The molecule has 25 heavy (non-hydrogen) atoms. The van der Waals surface area contributed by atoms with E-state index in [1.54, 1.807) is 6.92 Å². The summed E-state index contributed by atoms with van der Waals surface area (Å²) < 4.78 is 44.1. The number of nitrogens with one attached hydrogen (secondary N) is 2. The molecule has 0 bridgehead atoms. The van der Waals surface area contributed by atoms with Gasteiger partial charge in [0.25, 0.3) is 0 Å². The first-order valence-electron chi connectivity index (χ1n) is 7.58. The summed E-state index contributed by atoms with van der Waals surface area (Å²) in [7, 11) is 0. The SMILES string of the molecule is CC(CNC(=O)C1CCc2nnc(C(F)(F)F)n2C1)c1noc(=O)[nH]1. The summed E-state index contributed by atoms with van der Waals surface area (Å²) in [5.41, 5.74) is 0. The van der Waals surface area contributed by atoms with Gasteiger partial charge < -0.3 is 9.88 Å². The van der Waals surface area contributed by atoms with Crippen LogP contribution in [0.4, 0.5) is 13.2 Å². The number of aromatic amines is 1. The maximum atomic E-state index is 12.9. The highest BCUT2D eigenvalue weighted by Gasteiger charge is 2.40. The molecule has 2 atom stereocenters. The van der Waals surface area contributed by atoms with Crippen LogP contribution in [0.25, 0.3) is 0 Å². The molecule has 136 valence electrons. The lowest BCUT2D eigenvalue weighted by Crippen LogP contribution is -2.38. The predicted molar refractivity (Wildman–Crippen MR) is 75.4 cm³/mol. The molecule has 0 spiro atoms. The van der Waals surface area contributed by atoms with E-state index in [2.05, 4.69) is 30.2 Å². The van der Waals surface area contributed by atoms with Crippen LogP contribution < -0.4 is 11.1 Å². The van der Waals surface area contributed by atoms with Gasteiger partial charge in [-0.25, -0.2) is 4.79 Å². The Bertz CT molecular complexity index is 824. The molecule has 2 aromatic heterocycles. The van der Waals surface area contributed by atoms with Crippen molar-refractivity contribution in [2.75, 3.05) is 6.54 Å². The molecule has 0 saturated carbocycles. The van der Waals surface area contributed by atoms with Gasteiger partial charge in [-0.05, 0) is 6.42 Å². The van der Waals surface area contributed by atoms with Gasteiger partial charge in [0.1, 0.15) is 5.82 Å². The Morgan fingerprint density at radius 2 is 2.24 bits per heavy atom. The second-order valence-corrected chi connectivity index (χ2v) is 5.91. The summed E-state index contributed by atoms with van der Waals surface area (Å²) in [6.07, 6.45) is -3.98. The lowest BCUT2D eigenvalue weighted by Gasteiger charge is -2.24. The Balaban J connectivity index is 1.62. The monoisotopic (exact) mass is 360 g/mol. The molecular formula is C13H15F3N6O3. The van der Waals surface area contributed by atoms with Gasteiger partial charge in [0.05, 0.1) is 5.92 Å². The van der Waals surface area contributed by atoms with Crippen molar-refractivity contribution in [2.45, 2.75) is 38.4 Å². The maximum Gasteiger partial charge on any atom is 0.451 e. The summed E-state index contributed by atoms with van der Waals surface area (Å²) in [5.74, 6) is -2.57. The third-order valence-electron chi connectivity index (χ3n) is 4.08. The first-order valence-corrected chi connectivity index (χ1v) is 7.58. The van der Waals surface area contributed by atoms with Crippen molar-refractivity contribution in [1.29, 1.82) is 0 Å². The van der Waals surface area contributed by atoms with Crippen LogP contribution in [-0.4, -0.2) is 37.4 Å². The van der Waals surface area contributed by atoms with Crippen LogP contribution >= 0.6 is 0 Å². The molecule has 0 saturated heterocycles. The summed E-state index contributed by atoms with van der Waals surface area (Å²) in [6, 6.07) is 0. The largest absolute Gasteiger partial charge is 0.451 e. The molecule has 1 aliphatic heterocycles. The van der Waals surface area contributed by atoms with Crippen LogP contribution in [0.5, 0.6) is 0 Å². The molecule has 2 N–H and O–H groups in total. The highest BCUT2D eigenvalue weighted by atomic mass is 19.4. The maximum absolute atomic E-state index is 12.9. The van der Waals surface area contributed by atoms with Gasteiger partial charge in [0, 0.05) is 25.4 Å². The molecule has 9 nitrogen and oxygen atoms in total. The van der Waals surface area contributed by atoms with Gasteiger partial charge in [-0.1, -0.05) is 12.1 Å². The minimum absolute atomic E-state index is 0.127. The van der Waals surface area contributed by atoms with Crippen LogP contribution in [0.15, 0.2) is 9.32 Å². The van der Waals surface area contributed by atoms with Crippen LogP contribution in [-0.2, 0) is 23.9 Å². The lowest BCUT2D eigenvalue weighted by atomic mass is 9.98. The van der Waals surface area contributed by atoms with Crippen LogP contribution in [0.1, 0.15) is 36.7 Å². The fraction of sp³-hybridized carbons (Fsp3) is 0.615. The number of H-pyrrole nitrogens is 1. The van der Waals surface area contributed by atoms with E-state index in [4.69, 9.17) is 0 Å². The number of rotatable bonds is 4. The molecule has 3 heterocycles. The van der Waals surface area contributed by atoms with Crippen molar-refractivity contribution in [3.63, 3.8) is 0 Å². The van der Waals surface area contributed by atoms with Gasteiger partial charge in [-0.3, -0.25) is 14.3 Å². The van der Waals surface area contributed by atoms with Crippen molar-refractivity contribution in [2.24, 2.45) is 5.92 Å². The van der Waals surface area contributed by atoms with Crippen molar-refractivity contribution in [3.8, 4) is 0 Å². The van der Waals surface area contributed by atoms with E-state index in [1.807, 2.05) is 0 Å². The predicted octanol–water partition coefficient (Wildman–Crippen LogP) is 0.455. The van der Waals surface area contributed by atoms with E-state index < -0.39 is 23.7 Å². The number of alkyl halides is 3. The Hall–Kier alpha value is -2.66. The van der Waals surface area contributed by atoms with E-state index in [0.717, 1.165) is 4.57 Å². The topological polar surface area (TPSA) is 119 Å². The lowest BCUT2D eigenvalue weighted by molar-refractivity contribution is -0.148. The average molecular weight is 360 g/mol. The number of hydrogen-bond donors (Lipinski definition) is 2. The first kappa shape index (κ1) is 17.2. The van der Waals surface area contributed by atoms with Gasteiger partial charge >= 0.3 is 11.9 Å². The minimum atomic E-state index is -4.61. The first-order chi connectivity index (χ1) is 11.8. The highest BCUT2D eigenvalue weighted by Crippen LogP contribution is 2.31. The number of nitrogens with zero attached hydrogens (tertiary/aromatic N) is 4. The zero-order chi connectivity index (χ0) is 18.2. The van der Waals surface area contributed by atoms with Crippen molar-refractivity contribution < 1.29 is 22.5 Å². The number of aryl methyl sites for hydroxylation is 1. The molecule has 0 fully saturated rings. The molecule has 2 aromatic rings. The molecular weight excluding hydrogens is 345 g/mol. The summed E-state index contributed by atoms with van der Waals surface area (Å²) in [4.78, 5) is 25.6. The van der Waals surface area contributed by atoms with Crippen molar-refractivity contribution >= 4 is 5.91 Å². The molecule has 0 aromatic carbocycles. The number of carbonyl (C=O) groups is 1. The van der Waals surface area contributed by atoms with Crippen molar-refractivity contribution in [1.82, 2.24) is 30.2 Å². The number of aromatic nitrogens is 5. The third kappa shape index (κ3) is 3.56. The van der Waals surface area contributed by atoms with Crippen LogP contribution in [0.2, 0.25) is 0 Å². The number of amides is 1. The van der Waals surface area contributed by atoms with Crippen molar-refractivity contribution in [3.05, 3.63) is 28.0 Å². The van der Waals surface area contributed by atoms with Crippen LogP contribution in [0.3, 0.4) is 0 Å². The summed E-state index contributed by atoms with van der Waals surface area (Å²) >= 11 is 0. The summed E-state index contributed by atoms with van der Waals surface area (Å²) in [6.45, 7) is 1.76. The highest BCUT2D eigenvalue weighted by molar-refractivity contribution is 5.78. The molecule has 0 aliphatic carbocycles. The molecule has 2 unspecified atom stereocenters. The second-order valence-electron chi connectivity index (χ2n) is 5.91. The van der Waals surface area contributed by atoms with Gasteiger partial charge in [0.15, 0.2) is 5.82 Å². The number of carbonyl (C=O) groups excluding carboxylic acids is 1. The van der Waals surface area contributed by atoms with Gasteiger partial charge in [0.2, 0.25) is 11.7 Å². The number of hydrogen-bond acceptors (Lipinski definition) is 6.